The first kappa shape index (κ1) is 14.3. The van der Waals surface area contributed by atoms with Gasteiger partial charge in [0.25, 0.3) is 0 Å². The molecule has 0 radical (unpaired) electrons. The lowest BCUT2D eigenvalue weighted by Crippen LogP contribution is -2.25. The van der Waals surface area contributed by atoms with Crippen molar-refractivity contribution >= 4 is 0 Å². The van der Waals surface area contributed by atoms with Crippen molar-refractivity contribution in [2.24, 2.45) is 5.92 Å². The third-order valence-electron chi connectivity index (χ3n) is 4.49. The molecule has 0 bridgehead atoms. The molecule has 1 aromatic carbocycles. The van der Waals surface area contributed by atoms with E-state index in [1.165, 1.54) is 37.7 Å². The Labute approximate surface area is 127 Å². The first-order valence-electron chi connectivity index (χ1n) is 8.13. The van der Waals surface area contributed by atoms with Gasteiger partial charge in [0.05, 0.1) is 11.7 Å². The van der Waals surface area contributed by atoms with Crippen LogP contribution >= 0.6 is 0 Å². The third-order valence-corrected chi connectivity index (χ3v) is 4.49. The summed E-state index contributed by atoms with van der Waals surface area (Å²) in [6.07, 6.45) is 8.85. The highest BCUT2D eigenvalue weighted by Crippen LogP contribution is 2.27. The first-order valence-corrected chi connectivity index (χ1v) is 8.13. The molecule has 1 heterocycles. The molecule has 3 rings (SSSR count). The number of nitrogens with one attached hydrogen (secondary N) is 1. The largest absolute Gasteiger partial charge is 0.305 e. The predicted octanol–water partition coefficient (Wildman–Crippen LogP) is 4.34. The van der Waals surface area contributed by atoms with E-state index in [1.54, 1.807) is 0 Å². The Morgan fingerprint density at radius 1 is 1.00 bits per heavy atom. The average Bonchev–Trinajstić information content (AvgIpc) is 3.07. The lowest BCUT2D eigenvalue weighted by molar-refractivity contribution is 0.460. The van der Waals surface area contributed by atoms with Crippen LogP contribution in [-0.4, -0.2) is 11.5 Å². The topological polar surface area (TPSA) is 24.9 Å². The summed E-state index contributed by atoms with van der Waals surface area (Å²) in [5, 5.41) is 3.72. The molecule has 1 fully saturated rings. The zero-order valence-corrected chi connectivity index (χ0v) is 12.5. The summed E-state index contributed by atoms with van der Waals surface area (Å²) in [5.74, 6) is 0.928. The molecular formula is C19H24N2. The standard InChI is InChI=1S/C19H24N2/c1-2-10-17(11-3-1)19(18-12-6-7-14-20-18)21-15-13-16-8-4-5-9-16/h1-3,6-7,10-12,14,16,19,21H,4-5,8-9,13,15H2. The van der Waals surface area contributed by atoms with E-state index in [0.717, 1.165) is 18.2 Å². The van der Waals surface area contributed by atoms with Crippen LogP contribution in [0.1, 0.15) is 49.4 Å². The molecular weight excluding hydrogens is 256 g/mol. The van der Waals surface area contributed by atoms with Gasteiger partial charge in [0.1, 0.15) is 0 Å². The second-order valence-electron chi connectivity index (χ2n) is 5.99. The lowest BCUT2D eigenvalue weighted by atomic mass is 10.0. The van der Waals surface area contributed by atoms with Gasteiger partial charge in [-0.2, -0.15) is 0 Å². The number of hydrogen-bond donors (Lipinski definition) is 1. The summed E-state index contributed by atoms with van der Waals surface area (Å²) in [6, 6.07) is 17.0. The van der Waals surface area contributed by atoms with Gasteiger partial charge in [-0.25, -0.2) is 0 Å². The maximum absolute atomic E-state index is 4.54. The predicted molar refractivity (Wildman–Crippen MR) is 87.1 cm³/mol. The Bertz CT molecular complexity index is 478. The van der Waals surface area contributed by atoms with Gasteiger partial charge in [-0.05, 0) is 36.6 Å². The normalized spacial score (nSPS) is 17.0. The highest BCUT2D eigenvalue weighted by Gasteiger charge is 2.17. The molecule has 1 aliphatic rings. The maximum atomic E-state index is 4.54. The van der Waals surface area contributed by atoms with Crippen LogP contribution in [0.25, 0.3) is 0 Å². The Balaban J connectivity index is 1.67. The van der Waals surface area contributed by atoms with Crippen LogP contribution in [0, 0.1) is 5.92 Å². The van der Waals surface area contributed by atoms with E-state index >= 15 is 0 Å². The van der Waals surface area contributed by atoms with Crippen LogP contribution in [0.2, 0.25) is 0 Å². The zero-order valence-electron chi connectivity index (χ0n) is 12.5. The molecule has 1 N–H and O–H groups in total. The zero-order chi connectivity index (χ0) is 14.3. The van der Waals surface area contributed by atoms with Gasteiger partial charge in [0.2, 0.25) is 0 Å². The Hall–Kier alpha value is -1.67. The summed E-state index contributed by atoms with van der Waals surface area (Å²) in [5.41, 5.74) is 2.40. The van der Waals surface area contributed by atoms with Crippen LogP contribution in [0.4, 0.5) is 0 Å². The second kappa shape index (κ2) is 7.37. The molecule has 0 aliphatic heterocycles. The van der Waals surface area contributed by atoms with Crippen molar-refractivity contribution in [3.8, 4) is 0 Å². The third kappa shape index (κ3) is 3.92. The quantitative estimate of drug-likeness (QED) is 0.851. The Morgan fingerprint density at radius 2 is 1.76 bits per heavy atom. The summed E-state index contributed by atoms with van der Waals surface area (Å²) >= 11 is 0. The van der Waals surface area contributed by atoms with Crippen LogP contribution in [0.3, 0.4) is 0 Å². The van der Waals surface area contributed by atoms with Crippen LogP contribution in [-0.2, 0) is 0 Å². The first-order chi connectivity index (χ1) is 10.4. The SMILES string of the molecule is c1ccc(C(NCCC2CCCC2)c2ccccn2)cc1. The minimum atomic E-state index is 0.203. The van der Waals surface area contributed by atoms with E-state index < -0.39 is 0 Å². The Kier molecular flexibility index (Phi) is 5.01. The molecule has 1 unspecified atom stereocenters. The molecule has 110 valence electrons. The van der Waals surface area contributed by atoms with Crippen LogP contribution in [0.15, 0.2) is 54.7 Å². The summed E-state index contributed by atoms with van der Waals surface area (Å²) in [6.45, 7) is 1.07. The molecule has 2 nitrogen and oxygen atoms in total. The Morgan fingerprint density at radius 3 is 2.48 bits per heavy atom. The van der Waals surface area contributed by atoms with E-state index in [9.17, 15) is 0 Å². The number of hydrogen-bond acceptors (Lipinski definition) is 2. The van der Waals surface area contributed by atoms with Gasteiger partial charge in [0, 0.05) is 6.20 Å². The maximum Gasteiger partial charge on any atom is 0.0751 e. The van der Waals surface area contributed by atoms with Gasteiger partial charge in [0.15, 0.2) is 0 Å². The summed E-state index contributed by atoms with van der Waals surface area (Å²) in [7, 11) is 0. The van der Waals surface area contributed by atoms with Crippen molar-refractivity contribution in [2.75, 3.05) is 6.54 Å². The number of nitrogens with zero attached hydrogens (tertiary/aromatic N) is 1. The van der Waals surface area contributed by atoms with E-state index in [2.05, 4.69) is 52.8 Å². The van der Waals surface area contributed by atoms with Crippen molar-refractivity contribution in [1.82, 2.24) is 10.3 Å². The molecule has 1 aliphatic carbocycles. The number of pyridine rings is 1. The van der Waals surface area contributed by atoms with Crippen molar-refractivity contribution in [2.45, 2.75) is 38.1 Å². The van der Waals surface area contributed by atoms with Gasteiger partial charge in [-0.3, -0.25) is 4.98 Å². The number of rotatable bonds is 6. The van der Waals surface area contributed by atoms with Crippen LogP contribution in [0.5, 0.6) is 0 Å². The highest BCUT2D eigenvalue weighted by atomic mass is 14.9. The summed E-state index contributed by atoms with van der Waals surface area (Å²) in [4.78, 5) is 4.54. The smallest absolute Gasteiger partial charge is 0.0751 e. The van der Waals surface area contributed by atoms with E-state index in [0.29, 0.717) is 0 Å². The van der Waals surface area contributed by atoms with Crippen molar-refractivity contribution in [1.29, 1.82) is 0 Å². The molecule has 21 heavy (non-hydrogen) atoms. The highest BCUT2D eigenvalue weighted by molar-refractivity contribution is 5.27. The van der Waals surface area contributed by atoms with Crippen LogP contribution < -0.4 is 5.32 Å². The summed E-state index contributed by atoms with van der Waals surface area (Å²) < 4.78 is 0. The molecule has 0 amide bonds. The van der Waals surface area contributed by atoms with E-state index in [4.69, 9.17) is 0 Å². The second-order valence-corrected chi connectivity index (χ2v) is 5.99. The molecule has 1 atom stereocenters. The molecule has 1 aromatic heterocycles. The minimum absolute atomic E-state index is 0.203. The molecule has 2 heteroatoms. The van der Waals surface area contributed by atoms with Gasteiger partial charge in [-0.15, -0.1) is 0 Å². The number of aromatic nitrogens is 1. The fourth-order valence-electron chi connectivity index (χ4n) is 3.32. The lowest BCUT2D eigenvalue weighted by Gasteiger charge is -2.20. The van der Waals surface area contributed by atoms with E-state index in [-0.39, 0.29) is 6.04 Å². The molecule has 0 saturated heterocycles. The number of benzene rings is 1. The minimum Gasteiger partial charge on any atom is -0.305 e. The van der Waals surface area contributed by atoms with E-state index in [1.807, 2.05) is 12.3 Å². The van der Waals surface area contributed by atoms with Crippen molar-refractivity contribution in [3.05, 3.63) is 66.0 Å². The van der Waals surface area contributed by atoms with Gasteiger partial charge < -0.3 is 5.32 Å². The van der Waals surface area contributed by atoms with Crippen molar-refractivity contribution < 1.29 is 0 Å². The monoisotopic (exact) mass is 280 g/mol. The molecule has 0 spiro atoms. The fraction of sp³-hybridized carbons (Fsp3) is 0.421. The van der Waals surface area contributed by atoms with Gasteiger partial charge in [-0.1, -0.05) is 62.1 Å². The van der Waals surface area contributed by atoms with Gasteiger partial charge >= 0.3 is 0 Å². The van der Waals surface area contributed by atoms with Crippen molar-refractivity contribution in [3.63, 3.8) is 0 Å². The molecule has 1 saturated carbocycles. The molecule has 2 aromatic rings. The average molecular weight is 280 g/mol. The fourth-order valence-corrected chi connectivity index (χ4v) is 3.32.